The zero-order valence-electron chi connectivity index (χ0n) is 9.59. The van der Waals surface area contributed by atoms with Crippen molar-refractivity contribution >= 4 is 10.0 Å². The maximum atomic E-state index is 11.6. The standard InChI is InChI=1S/C9H21NO3S/c1-8(2,3)10-14(12,13)7-9(4,5)6-11/h10-11H,6-7H2,1-5H3. The van der Waals surface area contributed by atoms with E-state index < -0.39 is 21.0 Å². The van der Waals surface area contributed by atoms with Crippen LogP contribution in [-0.4, -0.2) is 31.4 Å². The van der Waals surface area contributed by atoms with Crippen LogP contribution >= 0.6 is 0 Å². The van der Waals surface area contributed by atoms with Gasteiger partial charge in [0.1, 0.15) is 0 Å². The highest BCUT2D eigenvalue weighted by Crippen LogP contribution is 2.17. The largest absolute Gasteiger partial charge is 0.396 e. The van der Waals surface area contributed by atoms with Gasteiger partial charge in [0.05, 0.1) is 5.75 Å². The molecule has 0 aromatic heterocycles. The molecular formula is C9H21NO3S. The molecule has 0 saturated carbocycles. The van der Waals surface area contributed by atoms with Gasteiger partial charge in [0, 0.05) is 17.6 Å². The second kappa shape index (κ2) is 4.16. The lowest BCUT2D eigenvalue weighted by Gasteiger charge is -2.26. The Hall–Kier alpha value is -0.130. The van der Waals surface area contributed by atoms with E-state index in [2.05, 4.69) is 4.72 Å². The van der Waals surface area contributed by atoms with Gasteiger partial charge in [0.25, 0.3) is 0 Å². The maximum absolute atomic E-state index is 11.6. The van der Waals surface area contributed by atoms with Crippen molar-refractivity contribution in [3.63, 3.8) is 0 Å². The summed E-state index contributed by atoms with van der Waals surface area (Å²) in [6.45, 7) is 8.66. The minimum atomic E-state index is -3.32. The van der Waals surface area contributed by atoms with Crippen molar-refractivity contribution in [3.8, 4) is 0 Å². The first kappa shape index (κ1) is 13.9. The van der Waals surface area contributed by atoms with E-state index in [0.29, 0.717) is 0 Å². The fraction of sp³-hybridized carbons (Fsp3) is 1.00. The van der Waals surface area contributed by atoms with Crippen LogP contribution in [0.5, 0.6) is 0 Å². The molecule has 0 fully saturated rings. The topological polar surface area (TPSA) is 66.4 Å². The number of hydrogen-bond donors (Lipinski definition) is 2. The van der Waals surface area contributed by atoms with Crippen LogP contribution in [0, 0.1) is 5.41 Å². The van der Waals surface area contributed by atoms with Crippen LogP contribution in [0.4, 0.5) is 0 Å². The van der Waals surface area contributed by atoms with Crippen LogP contribution in [0.15, 0.2) is 0 Å². The number of aliphatic hydroxyl groups excluding tert-OH is 1. The molecule has 0 atom stereocenters. The number of nitrogens with one attached hydrogen (secondary N) is 1. The molecule has 0 aromatic rings. The van der Waals surface area contributed by atoms with Crippen LogP contribution in [0.2, 0.25) is 0 Å². The third-order valence-electron chi connectivity index (χ3n) is 1.47. The third kappa shape index (κ3) is 6.34. The maximum Gasteiger partial charge on any atom is 0.212 e. The minimum absolute atomic E-state index is 0.0617. The van der Waals surface area contributed by atoms with Crippen molar-refractivity contribution in [2.45, 2.75) is 40.2 Å². The molecule has 0 bridgehead atoms. The average molecular weight is 223 g/mol. The van der Waals surface area contributed by atoms with E-state index in [-0.39, 0.29) is 12.4 Å². The van der Waals surface area contributed by atoms with E-state index in [1.807, 2.05) is 0 Å². The highest BCUT2D eigenvalue weighted by molar-refractivity contribution is 7.89. The molecule has 4 nitrogen and oxygen atoms in total. The van der Waals surface area contributed by atoms with Crippen LogP contribution in [0.1, 0.15) is 34.6 Å². The molecule has 86 valence electrons. The van der Waals surface area contributed by atoms with Gasteiger partial charge in [-0.2, -0.15) is 0 Å². The SMILES string of the molecule is CC(C)(CO)CS(=O)(=O)NC(C)(C)C. The molecular weight excluding hydrogens is 202 g/mol. The summed E-state index contributed by atoms with van der Waals surface area (Å²) in [7, 11) is -3.32. The van der Waals surface area contributed by atoms with Crippen molar-refractivity contribution in [3.05, 3.63) is 0 Å². The zero-order valence-corrected chi connectivity index (χ0v) is 10.4. The van der Waals surface area contributed by atoms with Gasteiger partial charge in [-0.15, -0.1) is 0 Å². The Morgan fingerprint density at radius 1 is 1.14 bits per heavy atom. The van der Waals surface area contributed by atoms with E-state index in [1.165, 1.54) is 0 Å². The molecule has 0 aliphatic heterocycles. The van der Waals surface area contributed by atoms with E-state index in [0.717, 1.165) is 0 Å². The molecule has 0 saturated heterocycles. The van der Waals surface area contributed by atoms with E-state index in [9.17, 15) is 8.42 Å². The fourth-order valence-corrected chi connectivity index (χ4v) is 3.19. The quantitative estimate of drug-likeness (QED) is 0.738. The summed E-state index contributed by atoms with van der Waals surface area (Å²) in [6, 6.07) is 0. The molecule has 0 aromatic carbocycles. The Morgan fingerprint density at radius 3 is 1.86 bits per heavy atom. The third-order valence-corrected chi connectivity index (χ3v) is 3.56. The van der Waals surface area contributed by atoms with Gasteiger partial charge in [0.2, 0.25) is 10.0 Å². The Balaban J connectivity index is 4.53. The van der Waals surface area contributed by atoms with Gasteiger partial charge >= 0.3 is 0 Å². The first-order valence-corrected chi connectivity index (χ1v) is 6.25. The van der Waals surface area contributed by atoms with Crippen LogP contribution in [-0.2, 0) is 10.0 Å². The molecule has 0 heterocycles. The molecule has 14 heavy (non-hydrogen) atoms. The Labute approximate surface area is 86.8 Å². The summed E-state index contributed by atoms with van der Waals surface area (Å²) in [4.78, 5) is 0. The number of sulfonamides is 1. The predicted molar refractivity (Wildman–Crippen MR) is 57.5 cm³/mol. The average Bonchev–Trinajstić information content (AvgIpc) is 1.78. The summed E-state index contributed by atoms with van der Waals surface area (Å²) in [5, 5.41) is 8.96. The molecule has 0 aliphatic rings. The van der Waals surface area contributed by atoms with Gasteiger partial charge in [-0.3, -0.25) is 0 Å². The number of hydrogen-bond acceptors (Lipinski definition) is 3. The van der Waals surface area contributed by atoms with Gasteiger partial charge in [-0.05, 0) is 20.8 Å². The lowest BCUT2D eigenvalue weighted by Crippen LogP contribution is -2.44. The lowest BCUT2D eigenvalue weighted by atomic mass is 9.98. The van der Waals surface area contributed by atoms with Crippen LogP contribution < -0.4 is 4.72 Å². The predicted octanol–water partition coefficient (Wildman–Crippen LogP) is 0.723. The summed E-state index contributed by atoms with van der Waals surface area (Å²) < 4.78 is 25.7. The van der Waals surface area contributed by atoms with E-state index >= 15 is 0 Å². The smallest absolute Gasteiger partial charge is 0.212 e. The van der Waals surface area contributed by atoms with Gasteiger partial charge < -0.3 is 5.11 Å². The lowest BCUT2D eigenvalue weighted by molar-refractivity contribution is 0.178. The van der Waals surface area contributed by atoms with Gasteiger partial charge in [-0.25, -0.2) is 13.1 Å². The summed E-state index contributed by atoms with van der Waals surface area (Å²) in [6.07, 6.45) is 0. The highest BCUT2D eigenvalue weighted by Gasteiger charge is 2.28. The van der Waals surface area contributed by atoms with Crippen molar-refractivity contribution in [2.75, 3.05) is 12.4 Å². The molecule has 0 spiro atoms. The van der Waals surface area contributed by atoms with E-state index in [4.69, 9.17) is 5.11 Å². The molecule has 0 amide bonds. The molecule has 2 N–H and O–H groups in total. The molecule has 0 radical (unpaired) electrons. The van der Waals surface area contributed by atoms with E-state index in [1.54, 1.807) is 34.6 Å². The first-order valence-electron chi connectivity index (χ1n) is 4.60. The second-order valence-electron chi connectivity index (χ2n) is 5.43. The molecule has 0 aliphatic carbocycles. The first-order chi connectivity index (χ1) is 5.97. The van der Waals surface area contributed by atoms with Gasteiger partial charge in [0.15, 0.2) is 0 Å². The summed E-state index contributed by atoms with van der Waals surface area (Å²) in [5.41, 5.74) is -1.07. The zero-order chi connectivity index (χ0) is 11.6. The normalized spacial score (nSPS) is 14.4. The van der Waals surface area contributed by atoms with Crippen LogP contribution in [0.25, 0.3) is 0 Å². The monoisotopic (exact) mass is 223 g/mol. The molecule has 5 heteroatoms. The molecule has 0 rings (SSSR count). The van der Waals surface area contributed by atoms with Crippen LogP contribution in [0.3, 0.4) is 0 Å². The van der Waals surface area contributed by atoms with Crippen molar-refractivity contribution in [1.82, 2.24) is 4.72 Å². The van der Waals surface area contributed by atoms with Gasteiger partial charge in [-0.1, -0.05) is 13.8 Å². The van der Waals surface area contributed by atoms with Crippen molar-refractivity contribution in [2.24, 2.45) is 5.41 Å². The van der Waals surface area contributed by atoms with Crippen molar-refractivity contribution < 1.29 is 13.5 Å². The molecule has 0 unspecified atom stereocenters. The van der Waals surface area contributed by atoms with Crippen molar-refractivity contribution in [1.29, 1.82) is 0 Å². The number of rotatable bonds is 4. The highest BCUT2D eigenvalue weighted by atomic mass is 32.2. The number of aliphatic hydroxyl groups is 1. The second-order valence-corrected chi connectivity index (χ2v) is 7.16. The summed E-state index contributed by atoms with van der Waals surface area (Å²) >= 11 is 0. The Morgan fingerprint density at radius 2 is 1.57 bits per heavy atom. The summed E-state index contributed by atoms with van der Waals surface area (Å²) in [5.74, 6) is -0.0617. The minimum Gasteiger partial charge on any atom is -0.396 e. The fourth-order valence-electron chi connectivity index (χ4n) is 1.06. The Kier molecular flexibility index (Phi) is 4.12. The Bertz CT molecular complexity index is 275.